The molecule has 0 spiro atoms. The molecule has 1 aromatic heterocycles. The first kappa shape index (κ1) is 22.6. The Labute approximate surface area is 191 Å². The van der Waals surface area contributed by atoms with Crippen molar-refractivity contribution >= 4 is 23.4 Å². The van der Waals surface area contributed by atoms with Crippen molar-refractivity contribution in [3.8, 4) is 5.69 Å². The highest BCUT2D eigenvalue weighted by molar-refractivity contribution is 5.96. The van der Waals surface area contributed by atoms with Crippen LogP contribution < -0.4 is 10.2 Å². The zero-order chi connectivity index (χ0) is 23.8. The van der Waals surface area contributed by atoms with Gasteiger partial charge in [0, 0.05) is 37.9 Å². The van der Waals surface area contributed by atoms with E-state index in [0.29, 0.717) is 31.9 Å². The van der Waals surface area contributed by atoms with Gasteiger partial charge in [0.1, 0.15) is 11.8 Å². The maximum Gasteiger partial charge on any atom is 0.410 e. The second-order valence-electron chi connectivity index (χ2n) is 9.28. The summed E-state index contributed by atoms with van der Waals surface area (Å²) < 4.78 is 6.79. The number of ether oxygens (including phenoxy) is 1. The Morgan fingerprint density at radius 3 is 2.24 bits per heavy atom. The van der Waals surface area contributed by atoms with Crippen LogP contribution in [0.1, 0.15) is 44.1 Å². The Morgan fingerprint density at radius 2 is 1.70 bits per heavy atom. The van der Waals surface area contributed by atoms with Crippen molar-refractivity contribution in [1.82, 2.24) is 20.0 Å². The molecule has 1 N–H and O–H groups in total. The molecule has 2 heterocycles. The Balaban J connectivity index is 1.42. The Kier molecular flexibility index (Phi) is 5.96. The number of anilines is 1. The van der Waals surface area contributed by atoms with E-state index in [-0.39, 0.29) is 23.5 Å². The molecule has 1 saturated heterocycles. The summed E-state index contributed by atoms with van der Waals surface area (Å²) in [6.45, 7) is 7.98. The molecule has 1 aliphatic heterocycles. The van der Waals surface area contributed by atoms with Crippen LogP contribution in [0.15, 0.2) is 30.5 Å². The van der Waals surface area contributed by atoms with Crippen LogP contribution in [0.2, 0.25) is 0 Å². The van der Waals surface area contributed by atoms with Crippen molar-refractivity contribution in [2.45, 2.75) is 45.3 Å². The number of hydrogen-bond acceptors (Lipinski definition) is 7. The molecule has 2 aliphatic rings. The van der Waals surface area contributed by atoms with Crippen LogP contribution in [0.3, 0.4) is 0 Å². The van der Waals surface area contributed by atoms with E-state index in [2.05, 4.69) is 15.3 Å². The number of nitrogens with one attached hydrogen (secondary N) is 1. The van der Waals surface area contributed by atoms with Gasteiger partial charge in [0.25, 0.3) is 5.91 Å². The van der Waals surface area contributed by atoms with Gasteiger partial charge in [-0.05, 0) is 57.9 Å². The predicted molar refractivity (Wildman–Crippen MR) is 121 cm³/mol. The molecule has 33 heavy (non-hydrogen) atoms. The Morgan fingerprint density at radius 1 is 1.09 bits per heavy atom. The van der Waals surface area contributed by atoms with Crippen LogP contribution in [0.5, 0.6) is 0 Å². The first-order chi connectivity index (χ1) is 15.6. The van der Waals surface area contributed by atoms with Crippen molar-refractivity contribution < 1.29 is 19.2 Å². The lowest BCUT2D eigenvalue weighted by atomic mass is 10.2. The van der Waals surface area contributed by atoms with Gasteiger partial charge in [0.2, 0.25) is 5.69 Å². The average Bonchev–Trinajstić information content (AvgIpc) is 3.45. The normalized spacial score (nSPS) is 16.5. The number of rotatable bonds is 5. The number of amides is 2. The minimum Gasteiger partial charge on any atom is -0.444 e. The van der Waals surface area contributed by atoms with E-state index in [1.165, 1.54) is 10.9 Å². The maximum atomic E-state index is 12.3. The van der Waals surface area contributed by atoms with Crippen LogP contribution in [0.4, 0.5) is 16.2 Å². The lowest BCUT2D eigenvalue weighted by molar-refractivity contribution is -0.385. The van der Waals surface area contributed by atoms with Gasteiger partial charge in [0.15, 0.2) is 0 Å². The summed E-state index contributed by atoms with van der Waals surface area (Å²) in [5.41, 5.74) is 0.546. The quantitative estimate of drug-likeness (QED) is 0.542. The molecule has 11 heteroatoms. The number of aromatic nitrogens is 2. The van der Waals surface area contributed by atoms with Crippen LogP contribution in [0, 0.1) is 10.1 Å². The van der Waals surface area contributed by atoms with Crippen molar-refractivity contribution in [3.05, 3.63) is 46.3 Å². The van der Waals surface area contributed by atoms with E-state index in [1.54, 1.807) is 17.0 Å². The van der Waals surface area contributed by atoms with E-state index >= 15 is 0 Å². The van der Waals surface area contributed by atoms with Gasteiger partial charge in [-0.1, -0.05) is 0 Å². The monoisotopic (exact) mass is 456 g/mol. The molecule has 2 amide bonds. The number of nitro groups is 1. The van der Waals surface area contributed by atoms with Gasteiger partial charge >= 0.3 is 11.8 Å². The molecular formula is C22H28N6O5. The fraction of sp³-hybridized carbons (Fsp3) is 0.500. The highest BCUT2D eigenvalue weighted by Crippen LogP contribution is 2.25. The summed E-state index contributed by atoms with van der Waals surface area (Å²) in [6, 6.07) is 7.48. The number of benzene rings is 1. The first-order valence-corrected chi connectivity index (χ1v) is 11.0. The molecule has 2 aromatic rings. The zero-order valence-corrected chi connectivity index (χ0v) is 19.0. The Hall–Kier alpha value is -3.63. The van der Waals surface area contributed by atoms with Gasteiger partial charge in [0.05, 0.1) is 10.6 Å². The lowest BCUT2D eigenvalue weighted by Crippen LogP contribution is -2.50. The first-order valence-electron chi connectivity index (χ1n) is 11.0. The molecule has 1 saturated carbocycles. The minimum atomic E-state index is -0.593. The summed E-state index contributed by atoms with van der Waals surface area (Å²) in [5, 5.41) is 18.3. The summed E-state index contributed by atoms with van der Waals surface area (Å²) >= 11 is 0. The second-order valence-corrected chi connectivity index (χ2v) is 9.28. The summed E-state index contributed by atoms with van der Waals surface area (Å²) in [4.78, 5) is 39.3. The van der Waals surface area contributed by atoms with Crippen molar-refractivity contribution in [2.75, 3.05) is 31.1 Å². The van der Waals surface area contributed by atoms with Gasteiger partial charge < -0.3 is 19.9 Å². The van der Waals surface area contributed by atoms with E-state index < -0.39 is 16.4 Å². The van der Waals surface area contributed by atoms with Gasteiger partial charge in [-0.15, -0.1) is 0 Å². The topological polar surface area (TPSA) is 123 Å². The van der Waals surface area contributed by atoms with Gasteiger partial charge in [-0.3, -0.25) is 14.9 Å². The fourth-order valence-electron chi connectivity index (χ4n) is 3.56. The summed E-state index contributed by atoms with van der Waals surface area (Å²) in [7, 11) is 0. The third-order valence-corrected chi connectivity index (χ3v) is 5.43. The number of carbonyl (C=O) groups is 2. The van der Waals surface area contributed by atoms with E-state index in [4.69, 9.17) is 4.74 Å². The molecule has 1 aliphatic carbocycles. The Bertz CT molecular complexity index is 1050. The minimum absolute atomic E-state index is 0.0809. The van der Waals surface area contributed by atoms with Crippen molar-refractivity contribution in [1.29, 1.82) is 0 Å². The predicted octanol–water partition coefficient (Wildman–Crippen LogP) is 2.73. The molecule has 4 rings (SSSR count). The van der Waals surface area contributed by atoms with Crippen molar-refractivity contribution in [3.63, 3.8) is 0 Å². The average molecular weight is 457 g/mol. The molecule has 0 atom stereocenters. The number of nitrogens with zero attached hydrogens (tertiary/aromatic N) is 5. The highest BCUT2D eigenvalue weighted by atomic mass is 16.6. The van der Waals surface area contributed by atoms with Crippen molar-refractivity contribution in [2.24, 2.45) is 0 Å². The number of carbonyl (C=O) groups excluding carboxylic acids is 2. The van der Waals surface area contributed by atoms with Crippen LogP contribution in [0.25, 0.3) is 5.69 Å². The lowest BCUT2D eigenvalue weighted by Gasteiger charge is -2.36. The molecule has 0 unspecified atom stereocenters. The van der Waals surface area contributed by atoms with Crippen LogP contribution in [-0.2, 0) is 4.74 Å². The highest BCUT2D eigenvalue weighted by Gasteiger charge is 2.31. The largest absolute Gasteiger partial charge is 0.444 e. The molecular weight excluding hydrogens is 428 g/mol. The van der Waals surface area contributed by atoms with Crippen LogP contribution >= 0.6 is 0 Å². The molecule has 1 aromatic carbocycles. The number of piperazine rings is 1. The fourth-order valence-corrected chi connectivity index (χ4v) is 3.56. The third-order valence-electron chi connectivity index (χ3n) is 5.43. The summed E-state index contributed by atoms with van der Waals surface area (Å²) in [5.74, 6) is -0.526. The third kappa shape index (κ3) is 5.41. The van der Waals surface area contributed by atoms with Gasteiger partial charge in [-0.2, -0.15) is 5.10 Å². The second kappa shape index (κ2) is 8.72. The SMILES string of the molecule is CC(C)(C)OC(=O)N1CCN(c2ccc(-n3cc([N+](=O)[O-])c(C(=O)NC4CC4)n3)cc2)CC1. The smallest absolute Gasteiger partial charge is 0.410 e. The molecule has 176 valence electrons. The number of hydrogen-bond donors (Lipinski definition) is 1. The van der Waals surface area contributed by atoms with E-state index in [0.717, 1.165) is 18.5 Å². The standard InChI is InChI=1S/C22H28N6O5/c1-22(2,3)33-21(30)26-12-10-25(11-13-26)16-6-8-17(9-7-16)27-14-18(28(31)32)19(24-27)20(29)23-15-4-5-15/h6-9,14-15H,4-5,10-13H2,1-3H3,(H,23,29). The zero-order valence-electron chi connectivity index (χ0n) is 19.0. The van der Waals surface area contributed by atoms with E-state index in [1.807, 2.05) is 32.9 Å². The molecule has 11 nitrogen and oxygen atoms in total. The maximum absolute atomic E-state index is 12.3. The van der Waals surface area contributed by atoms with E-state index in [9.17, 15) is 19.7 Å². The summed E-state index contributed by atoms with van der Waals surface area (Å²) in [6.07, 6.45) is 2.72. The van der Waals surface area contributed by atoms with Crippen LogP contribution in [-0.4, -0.2) is 69.4 Å². The van der Waals surface area contributed by atoms with Gasteiger partial charge in [-0.25, -0.2) is 9.48 Å². The molecule has 0 bridgehead atoms. The molecule has 0 radical (unpaired) electrons. The molecule has 2 fully saturated rings.